The van der Waals surface area contributed by atoms with Gasteiger partial charge < -0.3 is 20.1 Å². The van der Waals surface area contributed by atoms with Crippen molar-refractivity contribution in [3.05, 3.63) is 29.3 Å². The number of guanidine groups is 1. The lowest BCUT2D eigenvalue weighted by Gasteiger charge is -2.18. The van der Waals surface area contributed by atoms with E-state index in [0.29, 0.717) is 18.4 Å². The van der Waals surface area contributed by atoms with Crippen LogP contribution in [0.1, 0.15) is 44.2 Å². The first kappa shape index (κ1) is 20.6. The number of rotatable bonds is 9. The van der Waals surface area contributed by atoms with Crippen LogP contribution in [0.5, 0.6) is 5.75 Å². The third-order valence-corrected chi connectivity index (χ3v) is 5.10. The first-order valence-electron chi connectivity index (χ1n) is 9.90. The standard InChI is InChI=1S/C21H35N3O2/c1-5-17(6-2)12-23-21(22-4)24-13-19-8-7-16(3)11-20(19)26-15-18-9-10-25-14-18/h7-8,11,17-18H,5-6,9-10,12-15H2,1-4H3,(H2,22,23,24). The van der Waals surface area contributed by atoms with E-state index in [2.05, 4.69) is 54.6 Å². The molecule has 26 heavy (non-hydrogen) atoms. The highest BCUT2D eigenvalue weighted by Gasteiger charge is 2.17. The van der Waals surface area contributed by atoms with Crippen molar-refractivity contribution < 1.29 is 9.47 Å². The average Bonchev–Trinajstić information content (AvgIpc) is 3.18. The SMILES string of the molecule is CCC(CC)CNC(=NC)NCc1ccc(C)cc1OCC1CCOC1. The van der Waals surface area contributed by atoms with Gasteiger partial charge in [0.1, 0.15) is 5.75 Å². The maximum absolute atomic E-state index is 6.12. The molecule has 1 saturated heterocycles. The number of aryl methyl sites for hydroxylation is 1. The van der Waals surface area contributed by atoms with Gasteiger partial charge in [-0.3, -0.25) is 4.99 Å². The fourth-order valence-electron chi connectivity index (χ4n) is 3.08. The largest absolute Gasteiger partial charge is 0.493 e. The average molecular weight is 362 g/mol. The number of nitrogens with zero attached hydrogens (tertiary/aromatic N) is 1. The van der Waals surface area contributed by atoms with Gasteiger partial charge in [0.05, 0.1) is 13.2 Å². The van der Waals surface area contributed by atoms with Crippen LogP contribution in [0.25, 0.3) is 0 Å². The number of nitrogens with one attached hydrogen (secondary N) is 2. The second-order valence-electron chi connectivity index (χ2n) is 7.14. The number of benzene rings is 1. The van der Waals surface area contributed by atoms with E-state index < -0.39 is 0 Å². The van der Waals surface area contributed by atoms with Gasteiger partial charge in [-0.1, -0.05) is 38.8 Å². The van der Waals surface area contributed by atoms with Crippen LogP contribution in [0.3, 0.4) is 0 Å². The molecule has 0 saturated carbocycles. The number of hydrogen-bond donors (Lipinski definition) is 2. The van der Waals surface area contributed by atoms with Crippen molar-refractivity contribution in [1.29, 1.82) is 0 Å². The Morgan fingerprint density at radius 2 is 2.12 bits per heavy atom. The van der Waals surface area contributed by atoms with Crippen LogP contribution in [0.15, 0.2) is 23.2 Å². The minimum Gasteiger partial charge on any atom is -0.493 e. The van der Waals surface area contributed by atoms with Crippen molar-refractivity contribution in [3.63, 3.8) is 0 Å². The minimum absolute atomic E-state index is 0.505. The molecule has 5 heteroatoms. The summed E-state index contributed by atoms with van der Waals surface area (Å²) in [7, 11) is 1.81. The molecule has 2 N–H and O–H groups in total. The van der Waals surface area contributed by atoms with Gasteiger partial charge in [0.25, 0.3) is 0 Å². The lowest BCUT2D eigenvalue weighted by molar-refractivity contribution is 0.166. The molecule has 0 radical (unpaired) electrons. The molecule has 1 fully saturated rings. The molecule has 5 nitrogen and oxygen atoms in total. The van der Waals surface area contributed by atoms with Gasteiger partial charge in [-0.15, -0.1) is 0 Å². The molecule has 2 rings (SSSR count). The van der Waals surface area contributed by atoms with Gasteiger partial charge in [-0.2, -0.15) is 0 Å². The fourth-order valence-corrected chi connectivity index (χ4v) is 3.08. The van der Waals surface area contributed by atoms with E-state index >= 15 is 0 Å². The highest BCUT2D eigenvalue weighted by atomic mass is 16.5. The van der Waals surface area contributed by atoms with Gasteiger partial charge in [0.15, 0.2) is 5.96 Å². The van der Waals surface area contributed by atoms with E-state index in [9.17, 15) is 0 Å². The molecule has 1 atom stereocenters. The van der Waals surface area contributed by atoms with E-state index in [1.54, 1.807) is 0 Å². The minimum atomic E-state index is 0.505. The summed E-state index contributed by atoms with van der Waals surface area (Å²) in [4.78, 5) is 4.34. The van der Waals surface area contributed by atoms with Crippen molar-refractivity contribution in [2.24, 2.45) is 16.8 Å². The summed E-state index contributed by atoms with van der Waals surface area (Å²) in [5, 5.41) is 6.84. The fraction of sp³-hybridized carbons (Fsp3) is 0.667. The zero-order valence-corrected chi connectivity index (χ0v) is 16.8. The first-order chi connectivity index (χ1) is 12.7. The Bertz CT molecular complexity index is 564. The predicted molar refractivity (Wildman–Crippen MR) is 108 cm³/mol. The molecule has 0 aliphatic carbocycles. The summed E-state index contributed by atoms with van der Waals surface area (Å²) >= 11 is 0. The molecular formula is C21H35N3O2. The Balaban J connectivity index is 1.90. The Hall–Kier alpha value is -1.75. The summed E-state index contributed by atoms with van der Waals surface area (Å²) < 4.78 is 11.6. The first-order valence-corrected chi connectivity index (χ1v) is 9.90. The van der Waals surface area contributed by atoms with E-state index in [0.717, 1.165) is 50.1 Å². The summed E-state index contributed by atoms with van der Waals surface area (Å²) in [6, 6.07) is 6.38. The summed E-state index contributed by atoms with van der Waals surface area (Å²) in [5.74, 6) is 2.98. The van der Waals surface area contributed by atoms with Gasteiger partial charge in [-0.05, 0) is 30.9 Å². The van der Waals surface area contributed by atoms with E-state index in [-0.39, 0.29) is 0 Å². The Morgan fingerprint density at radius 3 is 2.77 bits per heavy atom. The van der Waals surface area contributed by atoms with Crippen LogP contribution in [0.4, 0.5) is 0 Å². The molecule has 0 spiro atoms. The second kappa shape index (κ2) is 11.1. The van der Waals surface area contributed by atoms with E-state index in [1.807, 2.05) is 7.05 Å². The molecule has 0 aromatic heterocycles. The summed E-state index contributed by atoms with van der Waals surface area (Å²) in [6.45, 7) is 10.6. The van der Waals surface area contributed by atoms with Crippen molar-refractivity contribution >= 4 is 5.96 Å². The van der Waals surface area contributed by atoms with Crippen LogP contribution in [0.2, 0.25) is 0 Å². The van der Waals surface area contributed by atoms with Crippen molar-refractivity contribution in [2.75, 3.05) is 33.4 Å². The molecule has 1 aromatic rings. The quantitative estimate of drug-likeness (QED) is 0.522. The van der Waals surface area contributed by atoms with Crippen LogP contribution >= 0.6 is 0 Å². The van der Waals surface area contributed by atoms with Crippen LogP contribution in [0, 0.1) is 18.8 Å². The normalized spacial score (nSPS) is 17.6. The van der Waals surface area contributed by atoms with E-state index in [1.165, 1.54) is 18.4 Å². The number of aliphatic imine (C=N–C) groups is 1. The maximum atomic E-state index is 6.12. The molecular weight excluding hydrogens is 326 g/mol. The molecule has 1 heterocycles. The molecule has 146 valence electrons. The summed E-state index contributed by atoms with van der Waals surface area (Å²) in [6.07, 6.45) is 3.45. The molecule has 1 aliphatic heterocycles. The third kappa shape index (κ3) is 6.52. The maximum Gasteiger partial charge on any atom is 0.191 e. The van der Waals surface area contributed by atoms with Crippen molar-refractivity contribution in [3.8, 4) is 5.75 Å². The van der Waals surface area contributed by atoms with Gasteiger partial charge >= 0.3 is 0 Å². The van der Waals surface area contributed by atoms with Gasteiger partial charge in [0.2, 0.25) is 0 Å². The molecule has 1 unspecified atom stereocenters. The number of ether oxygens (including phenoxy) is 2. The molecule has 1 aromatic carbocycles. The predicted octanol–water partition coefficient (Wildman–Crippen LogP) is 3.51. The topological polar surface area (TPSA) is 54.9 Å². The highest BCUT2D eigenvalue weighted by molar-refractivity contribution is 5.79. The van der Waals surface area contributed by atoms with Gasteiger partial charge in [-0.25, -0.2) is 0 Å². The molecule has 1 aliphatic rings. The molecule has 0 amide bonds. The number of hydrogen-bond acceptors (Lipinski definition) is 3. The second-order valence-corrected chi connectivity index (χ2v) is 7.14. The monoisotopic (exact) mass is 361 g/mol. The van der Waals surface area contributed by atoms with E-state index in [4.69, 9.17) is 9.47 Å². The van der Waals surface area contributed by atoms with Crippen LogP contribution in [-0.4, -0.2) is 39.4 Å². The smallest absolute Gasteiger partial charge is 0.191 e. The zero-order valence-electron chi connectivity index (χ0n) is 16.8. The summed E-state index contributed by atoms with van der Waals surface area (Å²) in [5.41, 5.74) is 2.36. The Kier molecular flexibility index (Phi) is 8.75. The van der Waals surface area contributed by atoms with Crippen LogP contribution in [-0.2, 0) is 11.3 Å². The van der Waals surface area contributed by atoms with Gasteiger partial charge in [0, 0.05) is 38.2 Å². The van der Waals surface area contributed by atoms with Crippen LogP contribution < -0.4 is 15.4 Å². The zero-order chi connectivity index (χ0) is 18.8. The van der Waals surface area contributed by atoms with Crippen molar-refractivity contribution in [2.45, 2.75) is 46.6 Å². The molecule has 0 bridgehead atoms. The Morgan fingerprint density at radius 1 is 1.31 bits per heavy atom. The lowest BCUT2D eigenvalue weighted by atomic mass is 10.0. The highest BCUT2D eigenvalue weighted by Crippen LogP contribution is 2.22. The Labute approximate surface area is 158 Å². The third-order valence-electron chi connectivity index (χ3n) is 5.10. The van der Waals surface area contributed by atoms with Crippen molar-refractivity contribution in [1.82, 2.24) is 10.6 Å². The lowest BCUT2D eigenvalue weighted by Crippen LogP contribution is -2.39.